The predicted molar refractivity (Wildman–Crippen MR) is 75.5 cm³/mol. The Hall–Kier alpha value is -2.05. The summed E-state index contributed by atoms with van der Waals surface area (Å²) in [5.74, 6) is 0.185. The minimum Gasteiger partial charge on any atom is -0.379 e. The van der Waals surface area contributed by atoms with Crippen LogP contribution in [-0.2, 0) is 21.8 Å². The molecule has 1 saturated heterocycles. The maximum absolute atomic E-state index is 12.5. The van der Waals surface area contributed by atoms with Gasteiger partial charge in [0.15, 0.2) is 11.4 Å². The summed E-state index contributed by atoms with van der Waals surface area (Å²) in [4.78, 5) is 6.66. The molecule has 0 aromatic carbocycles. The fourth-order valence-electron chi connectivity index (χ4n) is 2.47. The van der Waals surface area contributed by atoms with E-state index in [-0.39, 0.29) is 31.2 Å². The van der Waals surface area contributed by atoms with E-state index >= 15 is 0 Å². The molecular weight excluding hydrogens is 365 g/mol. The van der Waals surface area contributed by atoms with Crippen LogP contribution in [0.3, 0.4) is 0 Å². The topological polar surface area (TPSA) is 109 Å². The van der Waals surface area contributed by atoms with Gasteiger partial charge in [-0.15, -0.1) is 0 Å². The number of halogens is 3. The highest BCUT2D eigenvalue weighted by Crippen LogP contribution is 2.34. The number of alkyl halides is 3. The van der Waals surface area contributed by atoms with E-state index in [0.717, 1.165) is 10.4 Å². The van der Waals surface area contributed by atoms with Gasteiger partial charge in [0.05, 0.1) is 6.54 Å². The molecule has 0 radical (unpaired) electrons. The summed E-state index contributed by atoms with van der Waals surface area (Å²) in [6.45, 7) is 1.15. The van der Waals surface area contributed by atoms with Gasteiger partial charge in [-0.05, 0) is 19.1 Å². The third-order valence-electron chi connectivity index (χ3n) is 3.80. The van der Waals surface area contributed by atoms with Gasteiger partial charge in [-0.1, -0.05) is 5.16 Å². The van der Waals surface area contributed by atoms with Crippen molar-refractivity contribution < 1.29 is 31.2 Å². The Morgan fingerprint density at radius 2 is 2.08 bits per heavy atom. The minimum absolute atomic E-state index is 0.0158. The summed E-state index contributed by atoms with van der Waals surface area (Å²) in [5, 5.41) is 14.1. The lowest BCUT2D eigenvalue weighted by molar-refractivity contribution is -0.141. The Morgan fingerprint density at radius 3 is 2.60 bits per heavy atom. The van der Waals surface area contributed by atoms with E-state index in [0.29, 0.717) is 12.3 Å². The fraction of sp³-hybridized carbons (Fsp3) is 0.462. The summed E-state index contributed by atoms with van der Waals surface area (Å²) in [7, 11) is -4.12. The molecule has 1 N–H and O–H groups in total. The maximum Gasteiger partial charge on any atom is 0.433 e. The predicted octanol–water partition coefficient (Wildman–Crippen LogP) is 1.07. The van der Waals surface area contributed by atoms with Crippen LogP contribution in [0, 0.1) is 6.92 Å². The van der Waals surface area contributed by atoms with Gasteiger partial charge in [0.2, 0.25) is 10.0 Å². The van der Waals surface area contributed by atoms with Crippen LogP contribution in [0.15, 0.2) is 27.7 Å². The average Bonchev–Trinajstić information content (AvgIpc) is 3.14. The molecule has 12 heteroatoms. The van der Waals surface area contributed by atoms with Crippen molar-refractivity contribution in [2.24, 2.45) is 0 Å². The van der Waals surface area contributed by atoms with Gasteiger partial charge in [-0.2, -0.15) is 22.5 Å². The van der Waals surface area contributed by atoms with Crippen LogP contribution in [0.25, 0.3) is 0 Å². The zero-order valence-electron chi connectivity index (χ0n) is 12.9. The highest BCUT2D eigenvalue weighted by atomic mass is 32.2. The molecule has 8 nitrogen and oxygen atoms in total. The van der Waals surface area contributed by atoms with Gasteiger partial charge >= 0.3 is 6.18 Å². The first-order valence-corrected chi connectivity index (χ1v) is 8.53. The number of pyridine rings is 1. The van der Waals surface area contributed by atoms with Gasteiger partial charge in [0, 0.05) is 19.2 Å². The highest BCUT2D eigenvalue weighted by molar-refractivity contribution is 7.89. The van der Waals surface area contributed by atoms with E-state index in [9.17, 15) is 26.7 Å². The molecule has 136 valence electrons. The van der Waals surface area contributed by atoms with E-state index in [2.05, 4.69) is 15.1 Å². The molecule has 1 aliphatic heterocycles. The zero-order chi connectivity index (χ0) is 18.5. The van der Waals surface area contributed by atoms with Gasteiger partial charge in [0.25, 0.3) is 5.89 Å². The molecule has 1 unspecified atom stereocenters. The van der Waals surface area contributed by atoms with Crippen molar-refractivity contribution in [3.63, 3.8) is 0 Å². The summed E-state index contributed by atoms with van der Waals surface area (Å²) in [6, 6.07) is 1.43. The Kier molecular flexibility index (Phi) is 4.08. The van der Waals surface area contributed by atoms with Crippen molar-refractivity contribution in [1.29, 1.82) is 0 Å². The normalized spacial score (nSPS) is 22.4. The number of sulfonamides is 1. The number of aromatic nitrogens is 3. The van der Waals surface area contributed by atoms with Crippen molar-refractivity contribution in [2.75, 3.05) is 13.1 Å². The third kappa shape index (κ3) is 3.24. The smallest absolute Gasteiger partial charge is 0.379 e. The first-order valence-electron chi connectivity index (χ1n) is 7.09. The van der Waals surface area contributed by atoms with Gasteiger partial charge in [0.1, 0.15) is 10.6 Å². The second-order valence-electron chi connectivity index (χ2n) is 5.64. The van der Waals surface area contributed by atoms with Crippen molar-refractivity contribution in [3.05, 3.63) is 35.7 Å². The number of hydrogen-bond acceptors (Lipinski definition) is 7. The average molecular weight is 378 g/mol. The number of rotatable bonds is 3. The van der Waals surface area contributed by atoms with Crippen LogP contribution in [0.5, 0.6) is 0 Å². The number of aryl methyl sites for hydroxylation is 1. The lowest BCUT2D eigenvalue weighted by Gasteiger charge is -2.19. The maximum atomic E-state index is 12.5. The molecule has 1 atom stereocenters. The van der Waals surface area contributed by atoms with Crippen molar-refractivity contribution in [3.8, 4) is 0 Å². The molecule has 2 aromatic rings. The molecule has 0 saturated carbocycles. The molecule has 0 amide bonds. The molecule has 3 rings (SSSR count). The number of β-amino-alcohol motifs (C(OH)–C–C–N with tert-alkyl or cyclic N) is 1. The van der Waals surface area contributed by atoms with Crippen molar-refractivity contribution in [2.45, 2.75) is 30.0 Å². The van der Waals surface area contributed by atoms with Crippen molar-refractivity contribution >= 4 is 10.0 Å². The zero-order valence-corrected chi connectivity index (χ0v) is 13.7. The van der Waals surface area contributed by atoms with Crippen molar-refractivity contribution in [1.82, 2.24) is 19.4 Å². The summed E-state index contributed by atoms with van der Waals surface area (Å²) in [6.07, 6.45) is -4.00. The fourth-order valence-corrected chi connectivity index (χ4v) is 3.91. The van der Waals surface area contributed by atoms with E-state index in [1.165, 1.54) is 0 Å². The summed E-state index contributed by atoms with van der Waals surface area (Å²) in [5.41, 5.74) is -2.83. The standard InChI is InChI=1S/C13H13F3N4O4S/c1-8-18-11(24-19-8)12(21)4-5-20(7-12)25(22,23)9-2-3-10(17-6-9)13(14,15)16/h2-3,6,21H,4-5,7H2,1H3. The Labute approximate surface area is 140 Å². The second kappa shape index (κ2) is 5.75. The van der Waals surface area contributed by atoms with Crippen LogP contribution >= 0.6 is 0 Å². The molecule has 25 heavy (non-hydrogen) atoms. The molecule has 1 fully saturated rings. The van der Waals surface area contributed by atoms with Gasteiger partial charge < -0.3 is 9.63 Å². The molecule has 1 aliphatic rings. The number of nitrogens with zero attached hydrogens (tertiary/aromatic N) is 4. The lowest BCUT2D eigenvalue weighted by atomic mass is 10.0. The van der Waals surface area contributed by atoms with Crippen LogP contribution in [0.1, 0.15) is 23.8 Å². The SMILES string of the molecule is Cc1noc(C2(O)CCN(S(=O)(=O)c3ccc(C(F)(F)F)nc3)C2)n1. The van der Waals surface area contributed by atoms with Crippen LogP contribution in [0.4, 0.5) is 13.2 Å². The second-order valence-corrected chi connectivity index (χ2v) is 7.58. The quantitative estimate of drug-likeness (QED) is 0.851. The van der Waals surface area contributed by atoms with E-state index < -0.39 is 32.4 Å². The van der Waals surface area contributed by atoms with E-state index in [1.54, 1.807) is 6.92 Å². The molecule has 2 aromatic heterocycles. The molecule has 0 aliphatic carbocycles. The summed E-state index contributed by atoms with van der Waals surface area (Å²) < 4.78 is 68.5. The first kappa shape index (κ1) is 17.8. The van der Waals surface area contributed by atoms with Crippen LogP contribution in [0.2, 0.25) is 0 Å². The van der Waals surface area contributed by atoms with E-state index in [4.69, 9.17) is 4.52 Å². The lowest BCUT2D eigenvalue weighted by Crippen LogP contribution is -2.34. The molecule has 0 bridgehead atoms. The molecule has 0 spiro atoms. The molecule has 3 heterocycles. The van der Waals surface area contributed by atoms with Gasteiger partial charge in [-0.25, -0.2) is 8.42 Å². The Balaban J connectivity index is 1.84. The largest absolute Gasteiger partial charge is 0.433 e. The van der Waals surface area contributed by atoms with Crippen LogP contribution < -0.4 is 0 Å². The van der Waals surface area contributed by atoms with Gasteiger partial charge in [-0.3, -0.25) is 4.98 Å². The first-order chi connectivity index (χ1) is 11.5. The monoisotopic (exact) mass is 378 g/mol. The van der Waals surface area contributed by atoms with E-state index in [1.807, 2.05) is 0 Å². The molecular formula is C13H13F3N4O4S. The Bertz CT molecular complexity index is 881. The third-order valence-corrected chi connectivity index (χ3v) is 5.63. The number of hydrogen-bond donors (Lipinski definition) is 1. The number of aliphatic hydroxyl groups is 1. The highest BCUT2D eigenvalue weighted by Gasteiger charge is 2.46. The summed E-state index contributed by atoms with van der Waals surface area (Å²) >= 11 is 0. The van der Waals surface area contributed by atoms with Crippen LogP contribution in [-0.4, -0.2) is 46.0 Å². The minimum atomic E-state index is -4.66. The Morgan fingerprint density at radius 1 is 1.36 bits per heavy atom.